The van der Waals surface area contributed by atoms with Crippen LogP contribution in [0.4, 0.5) is 0 Å². The van der Waals surface area contributed by atoms with Gasteiger partial charge < -0.3 is 10.6 Å². The predicted molar refractivity (Wildman–Crippen MR) is 89.4 cm³/mol. The van der Waals surface area contributed by atoms with Crippen LogP contribution in [0.3, 0.4) is 0 Å². The molecule has 1 aromatic carbocycles. The number of nitrogens with one attached hydrogen (secondary N) is 2. The van der Waals surface area contributed by atoms with Gasteiger partial charge in [0.15, 0.2) is 0 Å². The Kier molecular flexibility index (Phi) is 9.75. The molecule has 22 heavy (non-hydrogen) atoms. The van der Waals surface area contributed by atoms with Gasteiger partial charge in [-0.15, -0.1) is 0 Å². The molecule has 0 aliphatic carbocycles. The minimum Gasteiger partial charge on any atom is -0.356 e. The second-order valence-corrected chi connectivity index (χ2v) is 5.61. The fourth-order valence-electron chi connectivity index (χ4n) is 2.39. The lowest BCUT2D eigenvalue weighted by Crippen LogP contribution is -2.26. The van der Waals surface area contributed by atoms with Crippen LogP contribution >= 0.6 is 0 Å². The van der Waals surface area contributed by atoms with Crippen LogP contribution in [-0.2, 0) is 22.6 Å². The quantitative estimate of drug-likeness (QED) is 0.461. The Morgan fingerprint density at radius 1 is 1.09 bits per heavy atom. The highest BCUT2D eigenvalue weighted by molar-refractivity contribution is 5.78. The minimum absolute atomic E-state index is 0.0639. The molecule has 0 radical (unpaired) electrons. The summed E-state index contributed by atoms with van der Waals surface area (Å²) in [6.07, 6.45) is 8.44. The highest BCUT2D eigenvalue weighted by Gasteiger charge is 2.03. The van der Waals surface area contributed by atoms with E-state index in [1.807, 2.05) is 24.3 Å². The molecule has 4 heteroatoms. The largest absolute Gasteiger partial charge is 0.356 e. The fourth-order valence-corrected chi connectivity index (χ4v) is 2.39. The Bertz CT molecular complexity index is 446. The van der Waals surface area contributed by atoms with Crippen molar-refractivity contribution in [3.05, 3.63) is 35.4 Å². The fraction of sp³-hybridized carbons (Fsp3) is 0.556. The Morgan fingerprint density at radius 3 is 2.59 bits per heavy atom. The molecule has 0 saturated carbocycles. The number of hydrogen-bond donors (Lipinski definition) is 2. The zero-order chi connectivity index (χ0) is 16.0. The van der Waals surface area contributed by atoms with E-state index in [0.717, 1.165) is 24.1 Å². The standard InChI is InChI=1S/C18H28N2O2/c1-2-3-4-5-6-7-11-20-18(22)13-16-9-8-10-17(12-16)14-19-15-21/h8-10,12,15H,2-7,11,13-14H2,1H3,(H,19,21)(H,20,22). The van der Waals surface area contributed by atoms with Gasteiger partial charge in [0.25, 0.3) is 0 Å². The Hall–Kier alpha value is -1.84. The van der Waals surface area contributed by atoms with Gasteiger partial charge >= 0.3 is 0 Å². The smallest absolute Gasteiger partial charge is 0.224 e. The lowest BCUT2D eigenvalue weighted by atomic mass is 10.1. The van der Waals surface area contributed by atoms with Crippen LogP contribution in [0.2, 0.25) is 0 Å². The van der Waals surface area contributed by atoms with Crippen LogP contribution in [0, 0.1) is 0 Å². The highest BCUT2D eigenvalue weighted by Crippen LogP contribution is 2.06. The summed E-state index contributed by atoms with van der Waals surface area (Å²) < 4.78 is 0. The van der Waals surface area contributed by atoms with Gasteiger partial charge in [0.1, 0.15) is 0 Å². The summed E-state index contributed by atoms with van der Waals surface area (Å²) >= 11 is 0. The van der Waals surface area contributed by atoms with Crippen LogP contribution in [0.5, 0.6) is 0 Å². The average Bonchev–Trinajstić information content (AvgIpc) is 2.52. The van der Waals surface area contributed by atoms with E-state index in [0.29, 0.717) is 19.4 Å². The van der Waals surface area contributed by atoms with Crippen molar-refractivity contribution in [3.8, 4) is 0 Å². The molecule has 0 aromatic heterocycles. The average molecular weight is 304 g/mol. The molecule has 0 fully saturated rings. The van der Waals surface area contributed by atoms with Crippen molar-refractivity contribution in [2.75, 3.05) is 6.54 Å². The van der Waals surface area contributed by atoms with Crippen LogP contribution in [0.15, 0.2) is 24.3 Å². The summed E-state index contributed by atoms with van der Waals surface area (Å²) in [5, 5.41) is 5.60. The van der Waals surface area contributed by atoms with E-state index in [1.165, 1.54) is 32.1 Å². The zero-order valence-corrected chi connectivity index (χ0v) is 13.6. The molecule has 0 heterocycles. The third-order valence-corrected chi connectivity index (χ3v) is 3.60. The molecule has 122 valence electrons. The van der Waals surface area contributed by atoms with Gasteiger partial charge in [-0.3, -0.25) is 9.59 Å². The van der Waals surface area contributed by atoms with Gasteiger partial charge in [0.2, 0.25) is 12.3 Å². The number of hydrogen-bond acceptors (Lipinski definition) is 2. The molecule has 4 nitrogen and oxygen atoms in total. The van der Waals surface area contributed by atoms with Crippen LogP contribution in [0.1, 0.15) is 56.6 Å². The van der Waals surface area contributed by atoms with Gasteiger partial charge in [-0.2, -0.15) is 0 Å². The van der Waals surface area contributed by atoms with E-state index in [2.05, 4.69) is 17.6 Å². The van der Waals surface area contributed by atoms with Crippen LogP contribution in [0.25, 0.3) is 0 Å². The van der Waals surface area contributed by atoms with Crippen LogP contribution in [-0.4, -0.2) is 18.9 Å². The number of amides is 2. The van der Waals surface area contributed by atoms with Crippen molar-refractivity contribution >= 4 is 12.3 Å². The Morgan fingerprint density at radius 2 is 1.82 bits per heavy atom. The molecule has 0 bridgehead atoms. The molecule has 0 aliphatic heterocycles. The second-order valence-electron chi connectivity index (χ2n) is 5.61. The number of carbonyl (C=O) groups is 2. The monoisotopic (exact) mass is 304 g/mol. The van der Waals surface area contributed by atoms with Crippen molar-refractivity contribution in [2.45, 2.75) is 58.4 Å². The summed E-state index contributed by atoms with van der Waals surface area (Å²) in [5.41, 5.74) is 1.99. The maximum atomic E-state index is 11.9. The van der Waals surface area contributed by atoms with E-state index in [9.17, 15) is 9.59 Å². The van der Waals surface area contributed by atoms with Crippen molar-refractivity contribution in [1.82, 2.24) is 10.6 Å². The second kappa shape index (κ2) is 11.8. The molecule has 2 amide bonds. The zero-order valence-electron chi connectivity index (χ0n) is 13.6. The van der Waals surface area contributed by atoms with Gasteiger partial charge in [0.05, 0.1) is 6.42 Å². The Balaban J connectivity index is 2.20. The van der Waals surface area contributed by atoms with Gasteiger partial charge in [0, 0.05) is 13.1 Å². The number of carbonyl (C=O) groups excluding carboxylic acids is 2. The van der Waals surface area contributed by atoms with Crippen molar-refractivity contribution in [2.24, 2.45) is 0 Å². The third-order valence-electron chi connectivity index (χ3n) is 3.60. The molecular weight excluding hydrogens is 276 g/mol. The van der Waals surface area contributed by atoms with Crippen molar-refractivity contribution in [1.29, 1.82) is 0 Å². The summed E-state index contributed by atoms with van der Waals surface area (Å²) in [4.78, 5) is 22.2. The molecule has 0 spiro atoms. The first kappa shape index (κ1) is 18.2. The Labute approximate surface area is 133 Å². The maximum Gasteiger partial charge on any atom is 0.224 e. The molecule has 2 N–H and O–H groups in total. The molecule has 0 saturated heterocycles. The SMILES string of the molecule is CCCCCCCCNC(=O)Cc1cccc(CNC=O)c1. The lowest BCUT2D eigenvalue weighted by molar-refractivity contribution is -0.120. The summed E-state index contributed by atoms with van der Waals surface area (Å²) in [6, 6.07) is 7.75. The summed E-state index contributed by atoms with van der Waals surface area (Å²) in [6.45, 7) is 3.47. The van der Waals surface area contributed by atoms with Gasteiger partial charge in [-0.25, -0.2) is 0 Å². The lowest BCUT2D eigenvalue weighted by Gasteiger charge is -2.07. The first-order chi connectivity index (χ1) is 10.8. The third kappa shape index (κ3) is 8.45. The number of rotatable bonds is 12. The van der Waals surface area contributed by atoms with E-state index in [1.54, 1.807) is 0 Å². The van der Waals surface area contributed by atoms with E-state index in [-0.39, 0.29) is 5.91 Å². The predicted octanol–water partition coefficient (Wildman–Crippen LogP) is 2.95. The molecular formula is C18H28N2O2. The molecule has 0 unspecified atom stereocenters. The minimum atomic E-state index is 0.0639. The first-order valence-corrected chi connectivity index (χ1v) is 8.27. The van der Waals surface area contributed by atoms with E-state index < -0.39 is 0 Å². The van der Waals surface area contributed by atoms with Crippen LogP contribution < -0.4 is 10.6 Å². The molecule has 1 rings (SSSR count). The summed E-state index contributed by atoms with van der Waals surface area (Å²) in [7, 11) is 0. The van der Waals surface area contributed by atoms with E-state index >= 15 is 0 Å². The highest BCUT2D eigenvalue weighted by atomic mass is 16.1. The number of benzene rings is 1. The first-order valence-electron chi connectivity index (χ1n) is 8.27. The van der Waals surface area contributed by atoms with E-state index in [4.69, 9.17) is 0 Å². The number of unbranched alkanes of at least 4 members (excludes halogenated alkanes) is 5. The maximum absolute atomic E-state index is 11.9. The van der Waals surface area contributed by atoms with Gasteiger partial charge in [-0.05, 0) is 17.5 Å². The van der Waals surface area contributed by atoms with Crippen molar-refractivity contribution in [3.63, 3.8) is 0 Å². The normalized spacial score (nSPS) is 10.2. The molecule has 0 aliphatic rings. The van der Waals surface area contributed by atoms with Gasteiger partial charge in [-0.1, -0.05) is 63.3 Å². The van der Waals surface area contributed by atoms with Crippen molar-refractivity contribution < 1.29 is 9.59 Å². The molecule has 1 aromatic rings. The topological polar surface area (TPSA) is 58.2 Å². The summed E-state index contributed by atoms with van der Waals surface area (Å²) in [5.74, 6) is 0.0639. The molecule has 0 atom stereocenters.